The lowest BCUT2D eigenvalue weighted by Crippen LogP contribution is -2.52. The molecule has 0 aliphatic carbocycles. The Hall–Kier alpha value is -1.82. The molecule has 0 saturated heterocycles. The number of ether oxygens (including phenoxy) is 1. The van der Waals surface area contributed by atoms with Crippen LogP contribution in [0.3, 0.4) is 0 Å². The maximum Gasteiger partial charge on any atom is 0.410 e. The first-order valence-electron chi connectivity index (χ1n) is 11.2. The van der Waals surface area contributed by atoms with Crippen molar-refractivity contribution in [2.24, 2.45) is 11.8 Å². The second kappa shape index (κ2) is 11.5. The van der Waals surface area contributed by atoms with E-state index in [1.165, 1.54) is 5.19 Å². The molecule has 2 amide bonds. The summed E-state index contributed by atoms with van der Waals surface area (Å²) in [6, 6.07) is 10.7. The Morgan fingerprint density at radius 3 is 1.97 bits per heavy atom. The van der Waals surface area contributed by atoms with E-state index in [1.807, 2.05) is 40.7 Å². The number of carbonyl (C=O) groups is 2. The molecule has 0 fully saturated rings. The minimum absolute atomic E-state index is 0.0332. The zero-order valence-corrected chi connectivity index (χ0v) is 21.4. The standard InChI is InChI=1S/C24H42N2O3Si/c1-17(2)22(30(8,9)21-13-11-10-12-14-21)20(7)23(27)25-15-16-29-24(28)26(18(3)4)19(5)6/h10-14,17-20,22H,15-16H2,1-9H3,(H,25,27)/t20-,22+/m0/s1. The molecule has 1 N–H and O–H groups in total. The van der Waals surface area contributed by atoms with Gasteiger partial charge in [0.1, 0.15) is 6.61 Å². The van der Waals surface area contributed by atoms with Crippen molar-refractivity contribution in [2.75, 3.05) is 13.2 Å². The van der Waals surface area contributed by atoms with Crippen LogP contribution in [0.25, 0.3) is 0 Å². The molecule has 170 valence electrons. The average molecular weight is 435 g/mol. The van der Waals surface area contributed by atoms with E-state index in [9.17, 15) is 9.59 Å². The molecule has 6 heteroatoms. The monoisotopic (exact) mass is 434 g/mol. The van der Waals surface area contributed by atoms with Gasteiger partial charge in [0.05, 0.1) is 14.6 Å². The van der Waals surface area contributed by atoms with E-state index in [0.717, 1.165) is 0 Å². The Bertz CT molecular complexity index is 666. The molecule has 0 aromatic heterocycles. The lowest BCUT2D eigenvalue weighted by atomic mass is 9.97. The number of nitrogens with zero attached hydrogens (tertiary/aromatic N) is 1. The molecule has 0 aliphatic heterocycles. The molecule has 30 heavy (non-hydrogen) atoms. The molecule has 1 rings (SSSR count). The van der Waals surface area contributed by atoms with Gasteiger partial charge >= 0.3 is 6.09 Å². The summed E-state index contributed by atoms with van der Waals surface area (Å²) in [5.74, 6) is 0.326. The number of benzene rings is 1. The van der Waals surface area contributed by atoms with Crippen LogP contribution in [-0.2, 0) is 9.53 Å². The summed E-state index contributed by atoms with van der Waals surface area (Å²) in [5, 5.41) is 4.36. The second-order valence-electron chi connectivity index (χ2n) is 9.65. The highest BCUT2D eigenvalue weighted by Gasteiger charge is 2.41. The molecule has 0 aliphatic rings. The molecule has 1 aromatic carbocycles. The summed E-state index contributed by atoms with van der Waals surface area (Å²) >= 11 is 0. The van der Waals surface area contributed by atoms with Gasteiger partial charge in [-0.15, -0.1) is 0 Å². The number of nitrogens with one attached hydrogen (secondary N) is 1. The summed E-state index contributed by atoms with van der Waals surface area (Å²) < 4.78 is 5.38. The van der Waals surface area contributed by atoms with Crippen molar-refractivity contribution < 1.29 is 14.3 Å². The Morgan fingerprint density at radius 2 is 1.50 bits per heavy atom. The Kier molecular flexibility index (Phi) is 10.1. The van der Waals surface area contributed by atoms with Gasteiger partial charge in [-0.2, -0.15) is 0 Å². The first kappa shape index (κ1) is 26.2. The van der Waals surface area contributed by atoms with Gasteiger partial charge in [0.2, 0.25) is 5.91 Å². The van der Waals surface area contributed by atoms with Crippen molar-refractivity contribution in [3.05, 3.63) is 30.3 Å². The van der Waals surface area contributed by atoms with Crippen molar-refractivity contribution in [3.8, 4) is 0 Å². The first-order chi connectivity index (χ1) is 13.9. The minimum Gasteiger partial charge on any atom is -0.448 e. The average Bonchev–Trinajstić information content (AvgIpc) is 2.64. The summed E-state index contributed by atoms with van der Waals surface area (Å²) in [6.07, 6.45) is -0.333. The van der Waals surface area contributed by atoms with E-state index in [4.69, 9.17) is 4.74 Å². The van der Waals surface area contributed by atoms with Crippen LogP contribution in [0.4, 0.5) is 4.79 Å². The highest BCUT2D eigenvalue weighted by molar-refractivity contribution is 6.91. The van der Waals surface area contributed by atoms with Gasteiger partial charge in [-0.1, -0.05) is 69.4 Å². The molecular formula is C24H42N2O3Si. The van der Waals surface area contributed by atoms with Crippen molar-refractivity contribution in [3.63, 3.8) is 0 Å². The fraction of sp³-hybridized carbons (Fsp3) is 0.667. The van der Waals surface area contributed by atoms with Crippen LogP contribution in [0.15, 0.2) is 30.3 Å². The second-order valence-corrected chi connectivity index (χ2v) is 14.3. The van der Waals surface area contributed by atoms with Crippen LogP contribution in [0.5, 0.6) is 0 Å². The quantitative estimate of drug-likeness (QED) is 0.431. The molecule has 0 heterocycles. The van der Waals surface area contributed by atoms with Gasteiger partial charge in [-0.3, -0.25) is 4.79 Å². The van der Waals surface area contributed by atoms with Crippen LogP contribution >= 0.6 is 0 Å². The third-order valence-electron chi connectivity index (χ3n) is 5.97. The zero-order chi connectivity index (χ0) is 23.1. The number of hydrogen-bond donors (Lipinski definition) is 1. The molecule has 1 aromatic rings. The third-order valence-corrected chi connectivity index (χ3v) is 10.6. The third kappa shape index (κ3) is 6.86. The summed E-state index contributed by atoms with van der Waals surface area (Å²) in [4.78, 5) is 26.9. The van der Waals surface area contributed by atoms with Gasteiger partial charge in [-0.05, 0) is 39.2 Å². The first-order valence-corrected chi connectivity index (χ1v) is 14.3. The largest absolute Gasteiger partial charge is 0.448 e. The maximum absolute atomic E-state index is 12.9. The van der Waals surface area contributed by atoms with Gasteiger partial charge < -0.3 is 15.0 Å². The Labute approximate surface area is 184 Å². The zero-order valence-electron chi connectivity index (χ0n) is 20.4. The number of hydrogen-bond acceptors (Lipinski definition) is 3. The van der Waals surface area contributed by atoms with Crippen LogP contribution in [-0.4, -0.2) is 50.2 Å². The van der Waals surface area contributed by atoms with Crippen molar-refractivity contribution in [1.29, 1.82) is 0 Å². The molecule has 0 spiro atoms. The number of rotatable bonds is 10. The summed E-state index contributed by atoms with van der Waals surface area (Å²) in [6.45, 7) is 19.5. The molecule has 5 nitrogen and oxygen atoms in total. The lowest BCUT2D eigenvalue weighted by molar-refractivity contribution is -0.125. The molecule has 0 saturated carbocycles. The van der Waals surface area contributed by atoms with Crippen LogP contribution < -0.4 is 10.5 Å². The fourth-order valence-corrected chi connectivity index (χ4v) is 9.33. The smallest absolute Gasteiger partial charge is 0.410 e. The molecule has 2 atom stereocenters. The Balaban J connectivity index is 2.70. The van der Waals surface area contributed by atoms with E-state index < -0.39 is 8.07 Å². The maximum atomic E-state index is 12.9. The molecule has 0 radical (unpaired) electrons. The van der Waals surface area contributed by atoms with Gasteiger partial charge in [0.25, 0.3) is 0 Å². The topological polar surface area (TPSA) is 58.6 Å². The normalized spacial score (nSPS) is 14.0. The van der Waals surface area contributed by atoms with Crippen LogP contribution in [0.1, 0.15) is 48.5 Å². The lowest BCUT2D eigenvalue weighted by Gasteiger charge is -2.39. The number of carbonyl (C=O) groups excluding carboxylic acids is 2. The molecular weight excluding hydrogens is 392 g/mol. The summed E-state index contributed by atoms with van der Waals surface area (Å²) in [5.41, 5.74) is 0.305. The predicted molar refractivity (Wildman–Crippen MR) is 128 cm³/mol. The van der Waals surface area contributed by atoms with Crippen molar-refractivity contribution in [1.82, 2.24) is 10.2 Å². The SMILES string of the molecule is CC(C)[C@H]([C@H](C)C(=O)NCCOC(=O)N(C(C)C)C(C)C)[Si](C)(C)c1ccccc1. The highest BCUT2D eigenvalue weighted by Crippen LogP contribution is 2.37. The summed E-state index contributed by atoms with van der Waals surface area (Å²) in [7, 11) is -1.86. The van der Waals surface area contributed by atoms with E-state index >= 15 is 0 Å². The van der Waals surface area contributed by atoms with Gasteiger partial charge in [0, 0.05) is 18.0 Å². The van der Waals surface area contributed by atoms with Crippen molar-refractivity contribution in [2.45, 2.75) is 79.2 Å². The molecule has 0 bridgehead atoms. The van der Waals surface area contributed by atoms with Crippen LogP contribution in [0.2, 0.25) is 18.6 Å². The van der Waals surface area contributed by atoms with Gasteiger partial charge in [-0.25, -0.2) is 4.79 Å². The van der Waals surface area contributed by atoms with Gasteiger partial charge in [0.15, 0.2) is 0 Å². The fourth-order valence-electron chi connectivity index (χ4n) is 4.82. The Morgan fingerprint density at radius 1 is 0.967 bits per heavy atom. The van der Waals surface area contributed by atoms with E-state index in [-0.39, 0.29) is 36.6 Å². The van der Waals surface area contributed by atoms with E-state index in [2.05, 4.69) is 56.5 Å². The van der Waals surface area contributed by atoms with Crippen molar-refractivity contribution >= 4 is 25.3 Å². The number of amides is 2. The van der Waals surface area contributed by atoms with E-state index in [1.54, 1.807) is 4.90 Å². The van der Waals surface area contributed by atoms with E-state index in [0.29, 0.717) is 18.0 Å². The predicted octanol–water partition coefficient (Wildman–Crippen LogP) is 4.64. The molecule has 0 unspecified atom stereocenters. The minimum atomic E-state index is -1.86. The highest BCUT2D eigenvalue weighted by atomic mass is 28.3. The van der Waals surface area contributed by atoms with Crippen LogP contribution in [0, 0.1) is 11.8 Å².